The van der Waals surface area contributed by atoms with Crippen molar-refractivity contribution in [2.75, 3.05) is 19.0 Å². The van der Waals surface area contributed by atoms with Crippen LogP contribution in [0.4, 0.5) is 0 Å². The maximum Gasteiger partial charge on any atom is 0.251 e. The predicted molar refractivity (Wildman–Crippen MR) is 94.9 cm³/mol. The molecule has 0 saturated heterocycles. The van der Waals surface area contributed by atoms with Crippen molar-refractivity contribution in [2.45, 2.75) is 39.3 Å². The summed E-state index contributed by atoms with van der Waals surface area (Å²) in [6, 6.07) is 8.89. The average Bonchev–Trinajstić information content (AvgIpc) is 2.59. The van der Waals surface area contributed by atoms with Gasteiger partial charge in [-0.05, 0) is 32.5 Å². The molecule has 3 unspecified atom stereocenters. The highest BCUT2D eigenvalue weighted by Crippen LogP contribution is 2.09. The summed E-state index contributed by atoms with van der Waals surface area (Å²) in [5, 5.41) is 2.82. The second-order valence-electron chi connectivity index (χ2n) is 5.47. The Balaban J connectivity index is 2.80. The molecule has 6 nitrogen and oxygen atoms in total. The highest BCUT2D eigenvalue weighted by molar-refractivity contribution is 6.18. The van der Waals surface area contributed by atoms with Gasteiger partial charge in [-0.25, -0.2) is 0 Å². The number of nitrogens with two attached hydrogens (primary N) is 1. The number of Topliss-reactive ketones (excluding diaryl/α,β-unsaturated/α-hetero) is 1. The number of halogens is 1. The van der Waals surface area contributed by atoms with Crippen LogP contribution in [0.2, 0.25) is 0 Å². The summed E-state index contributed by atoms with van der Waals surface area (Å²) in [4.78, 5) is 25.5. The van der Waals surface area contributed by atoms with E-state index in [4.69, 9.17) is 22.1 Å². The van der Waals surface area contributed by atoms with Crippen LogP contribution >= 0.6 is 11.6 Å². The molecule has 134 valence electrons. The maximum atomic E-state index is 12.2. The minimum absolute atomic E-state index is 0.0927. The molecule has 0 aliphatic heterocycles. The average molecular weight is 356 g/mol. The van der Waals surface area contributed by atoms with E-state index in [1.165, 1.54) is 6.92 Å². The zero-order chi connectivity index (χ0) is 18.1. The number of rotatable bonds is 10. The van der Waals surface area contributed by atoms with Gasteiger partial charge in [0.2, 0.25) is 0 Å². The van der Waals surface area contributed by atoms with Gasteiger partial charge < -0.3 is 15.8 Å². The standard InChI is InChI=1S/C17H26ClN3O3/c1-4-21(15(19)10-18)16(24-13(3)12(2)22)11-20-17(23)14-8-6-5-7-9-14/h5-9,13,15-16H,4,10-11,19H2,1-3H3,(H,20,23). The molecule has 3 N–H and O–H groups in total. The van der Waals surface area contributed by atoms with Crippen LogP contribution < -0.4 is 11.1 Å². The van der Waals surface area contributed by atoms with Gasteiger partial charge in [0, 0.05) is 5.56 Å². The van der Waals surface area contributed by atoms with Gasteiger partial charge in [0.05, 0.1) is 18.6 Å². The highest BCUT2D eigenvalue weighted by Gasteiger charge is 2.26. The number of ketones is 1. The first kappa shape index (κ1) is 20.6. The quantitative estimate of drug-likeness (QED) is 0.491. The number of nitrogens with zero attached hydrogens (tertiary/aromatic N) is 1. The lowest BCUT2D eigenvalue weighted by Crippen LogP contribution is -2.55. The Hall–Kier alpha value is -1.47. The Labute approximate surface area is 148 Å². The lowest BCUT2D eigenvalue weighted by atomic mass is 10.2. The second-order valence-corrected chi connectivity index (χ2v) is 5.78. The number of nitrogens with one attached hydrogen (secondary N) is 1. The summed E-state index contributed by atoms with van der Waals surface area (Å²) in [5.74, 6) is -0.0885. The number of likely N-dealkylation sites (N-methyl/N-ethyl adjacent to an activating group) is 1. The number of ether oxygens (including phenoxy) is 1. The molecule has 0 radical (unpaired) electrons. The first-order valence-electron chi connectivity index (χ1n) is 7.97. The van der Waals surface area contributed by atoms with Crippen molar-refractivity contribution in [3.05, 3.63) is 35.9 Å². The van der Waals surface area contributed by atoms with Crippen molar-refractivity contribution in [1.29, 1.82) is 0 Å². The number of benzene rings is 1. The number of amides is 1. The summed E-state index contributed by atoms with van der Waals surface area (Å²) in [7, 11) is 0. The van der Waals surface area contributed by atoms with Crippen LogP contribution in [0, 0.1) is 0 Å². The van der Waals surface area contributed by atoms with Crippen LogP contribution in [-0.2, 0) is 9.53 Å². The molecule has 1 aromatic rings. The number of alkyl halides is 1. The first-order chi connectivity index (χ1) is 11.4. The van der Waals surface area contributed by atoms with Crippen molar-refractivity contribution in [3.8, 4) is 0 Å². The zero-order valence-electron chi connectivity index (χ0n) is 14.4. The van der Waals surface area contributed by atoms with Gasteiger partial charge in [-0.3, -0.25) is 14.5 Å². The molecule has 3 atom stereocenters. The van der Waals surface area contributed by atoms with Gasteiger partial charge in [-0.2, -0.15) is 0 Å². The smallest absolute Gasteiger partial charge is 0.251 e. The van der Waals surface area contributed by atoms with Gasteiger partial charge in [0.25, 0.3) is 5.91 Å². The fourth-order valence-electron chi connectivity index (χ4n) is 2.19. The lowest BCUT2D eigenvalue weighted by molar-refractivity contribution is -0.143. The van der Waals surface area contributed by atoms with Crippen LogP contribution in [0.5, 0.6) is 0 Å². The largest absolute Gasteiger partial charge is 0.351 e. The van der Waals surface area contributed by atoms with Crippen LogP contribution in [0.15, 0.2) is 30.3 Å². The number of hydrogen-bond acceptors (Lipinski definition) is 5. The molecule has 0 heterocycles. The topological polar surface area (TPSA) is 84.7 Å². The number of hydrogen-bond donors (Lipinski definition) is 2. The van der Waals surface area contributed by atoms with Crippen LogP contribution in [-0.4, -0.2) is 54.1 Å². The van der Waals surface area contributed by atoms with E-state index in [0.29, 0.717) is 12.1 Å². The Morgan fingerprint density at radius 1 is 1.33 bits per heavy atom. The molecule has 7 heteroatoms. The fraction of sp³-hybridized carbons (Fsp3) is 0.529. The highest BCUT2D eigenvalue weighted by atomic mass is 35.5. The minimum atomic E-state index is -0.597. The molecule has 24 heavy (non-hydrogen) atoms. The number of carbonyl (C=O) groups is 2. The van der Waals surface area contributed by atoms with Crippen molar-refractivity contribution in [1.82, 2.24) is 10.2 Å². The van der Waals surface area contributed by atoms with Gasteiger partial charge in [-0.1, -0.05) is 25.1 Å². The normalized spacial score (nSPS) is 14.9. The third kappa shape index (κ3) is 6.20. The SMILES string of the molecule is CCN(C(N)CCl)C(CNC(=O)c1ccccc1)OC(C)C(C)=O. The minimum Gasteiger partial charge on any atom is -0.351 e. The van der Waals surface area contributed by atoms with Crippen molar-refractivity contribution < 1.29 is 14.3 Å². The molecule has 0 aliphatic carbocycles. The van der Waals surface area contributed by atoms with E-state index in [1.54, 1.807) is 31.2 Å². The molecular formula is C17H26ClN3O3. The van der Waals surface area contributed by atoms with Crippen LogP contribution in [0.25, 0.3) is 0 Å². The first-order valence-corrected chi connectivity index (χ1v) is 8.50. The Morgan fingerprint density at radius 3 is 2.46 bits per heavy atom. The van der Waals surface area contributed by atoms with Crippen molar-refractivity contribution >= 4 is 23.3 Å². The number of carbonyl (C=O) groups excluding carboxylic acids is 2. The summed E-state index contributed by atoms with van der Waals surface area (Å²) < 4.78 is 5.80. The Kier molecular flexibility index (Phi) is 8.92. The molecule has 0 aliphatic rings. The zero-order valence-corrected chi connectivity index (χ0v) is 15.1. The van der Waals surface area contributed by atoms with Crippen molar-refractivity contribution in [3.63, 3.8) is 0 Å². The summed E-state index contributed by atoms with van der Waals surface area (Å²) in [6.45, 7) is 5.82. The van der Waals surface area contributed by atoms with Gasteiger partial charge in [0.1, 0.15) is 12.3 Å². The molecular weight excluding hydrogens is 330 g/mol. The fourth-order valence-corrected chi connectivity index (χ4v) is 2.36. The third-order valence-corrected chi connectivity index (χ3v) is 4.04. The van der Waals surface area contributed by atoms with Crippen molar-refractivity contribution in [2.24, 2.45) is 5.73 Å². The summed E-state index contributed by atoms with van der Waals surface area (Å²) in [6.07, 6.45) is -1.58. The summed E-state index contributed by atoms with van der Waals surface area (Å²) >= 11 is 5.85. The predicted octanol–water partition coefficient (Wildman–Crippen LogP) is 1.58. The molecule has 1 aromatic carbocycles. The molecule has 0 bridgehead atoms. The van der Waals surface area contributed by atoms with Gasteiger partial charge in [-0.15, -0.1) is 11.6 Å². The van der Waals surface area contributed by atoms with Crippen LogP contribution in [0.3, 0.4) is 0 Å². The Bertz CT molecular complexity index is 527. The summed E-state index contributed by atoms with van der Waals surface area (Å²) in [5.41, 5.74) is 6.57. The van der Waals surface area contributed by atoms with E-state index >= 15 is 0 Å². The molecule has 0 saturated carbocycles. The maximum absolute atomic E-state index is 12.2. The van der Waals surface area contributed by atoms with Crippen LogP contribution in [0.1, 0.15) is 31.1 Å². The van der Waals surface area contributed by atoms with E-state index in [0.717, 1.165) is 0 Å². The van der Waals surface area contributed by atoms with Gasteiger partial charge >= 0.3 is 0 Å². The molecule has 1 amide bonds. The molecule has 1 rings (SSSR count). The Morgan fingerprint density at radius 2 is 1.96 bits per heavy atom. The third-order valence-electron chi connectivity index (χ3n) is 3.73. The van der Waals surface area contributed by atoms with E-state index in [-0.39, 0.29) is 24.1 Å². The van der Waals surface area contributed by atoms with E-state index in [1.807, 2.05) is 17.9 Å². The van der Waals surface area contributed by atoms with E-state index in [9.17, 15) is 9.59 Å². The monoisotopic (exact) mass is 355 g/mol. The lowest BCUT2D eigenvalue weighted by Gasteiger charge is -2.35. The molecule has 0 aromatic heterocycles. The second kappa shape index (κ2) is 10.4. The molecule has 0 spiro atoms. The van der Waals surface area contributed by atoms with E-state index in [2.05, 4.69) is 5.32 Å². The van der Waals surface area contributed by atoms with Gasteiger partial charge in [0.15, 0.2) is 5.78 Å². The van der Waals surface area contributed by atoms with E-state index < -0.39 is 18.5 Å². The molecule has 0 fully saturated rings.